The fourth-order valence-electron chi connectivity index (χ4n) is 1.49. The summed E-state index contributed by atoms with van der Waals surface area (Å²) in [7, 11) is 0. The largest absolute Gasteiger partial charge is 0.343 e. The normalized spacial score (nSPS) is 15.0. The minimum absolute atomic E-state index is 0.362. The zero-order chi connectivity index (χ0) is 10.8. The minimum Gasteiger partial charge on any atom is -0.343 e. The molecule has 1 aliphatic rings. The summed E-state index contributed by atoms with van der Waals surface area (Å²) in [6.45, 7) is 5.63. The zero-order valence-corrected chi connectivity index (χ0v) is 9.29. The van der Waals surface area contributed by atoms with Crippen molar-refractivity contribution in [3.05, 3.63) is 0 Å². The van der Waals surface area contributed by atoms with Gasteiger partial charge in [-0.25, -0.2) is 0 Å². The van der Waals surface area contributed by atoms with E-state index in [0.717, 1.165) is 32.2 Å². The van der Waals surface area contributed by atoms with E-state index in [9.17, 15) is 4.79 Å². The van der Waals surface area contributed by atoms with Gasteiger partial charge in [0.05, 0.1) is 0 Å². The Hall–Kier alpha value is -0.860. The second-order valence-corrected chi connectivity index (χ2v) is 3.43. The van der Waals surface area contributed by atoms with Crippen molar-refractivity contribution in [1.82, 2.24) is 4.90 Å². The molecule has 1 rings (SSSR count). The standard InChI is InChI=1S/C9H17NO.C2H4O/c1-2-3-4-7-10-8-5-6-9(10)11;1-2-3/h2-8H2,1H3;2H,1H3. The van der Waals surface area contributed by atoms with Crippen LogP contribution in [0.2, 0.25) is 0 Å². The van der Waals surface area contributed by atoms with Gasteiger partial charge in [0.1, 0.15) is 6.29 Å². The van der Waals surface area contributed by atoms with Crippen molar-refractivity contribution in [1.29, 1.82) is 0 Å². The lowest BCUT2D eigenvalue weighted by atomic mass is 10.2. The molecular formula is C11H21NO2. The minimum atomic E-state index is 0.362. The summed E-state index contributed by atoms with van der Waals surface area (Å²) in [6.07, 6.45) is 6.28. The topological polar surface area (TPSA) is 37.4 Å². The van der Waals surface area contributed by atoms with Gasteiger partial charge >= 0.3 is 0 Å². The van der Waals surface area contributed by atoms with Gasteiger partial charge in [-0.3, -0.25) is 4.79 Å². The number of rotatable bonds is 4. The molecule has 0 aromatic carbocycles. The Labute approximate surface area is 86.5 Å². The molecule has 1 amide bonds. The Morgan fingerprint density at radius 1 is 1.43 bits per heavy atom. The lowest BCUT2D eigenvalue weighted by molar-refractivity contribution is -0.127. The average Bonchev–Trinajstić information content (AvgIpc) is 2.54. The van der Waals surface area contributed by atoms with E-state index in [1.165, 1.54) is 26.2 Å². The number of unbranched alkanes of at least 4 members (excludes halogenated alkanes) is 2. The first kappa shape index (κ1) is 13.1. The van der Waals surface area contributed by atoms with E-state index >= 15 is 0 Å². The highest BCUT2D eigenvalue weighted by Crippen LogP contribution is 2.10. The first-order valence-electron chi connectivity index (χ1n) is 5.43. The van der Waals surface area contributed by atoms with Crippen molar-refractivity contribution in [2.24, 2.45) is 0 Å². The molecule has 1 heterocycles. The van der Waals surface area contributed by atoms with Crippen molar-refractivity contribution in [3.63, 3.8) is 0 Å². The molecule has 14 heavy (non-hydrogen) atoms. The van der Waals surface area contributed by atoms with Gasteiger partial charge in [0, 0.05) is 19.5 Å². The SMILES string of the molecule is CC=O.CCCCCN1CCCC1=O. The van der Waals surface area contributed by atoms with Crippen LogP contribution in [0.1, 0.15) is 46.0 Å². The van der Waals surface area contributed by atoms with E-state index in [2.05, 4.69) is 6.92 Å². The molecule has 0 saturated carbocycles. The first-order valence-corrected chi connectivity index (χ1v) is 5.43. The van der Waals surface area contributed by atoms with Crippen LogP contribution >= 0.6 is 0 Å². The zero-order valence-electron chi connectivity index (χ0n) is 9.29. The molecule has 82 valence electrons. The van der Waals surface area contributed by atoms with Crippen molar-refractivity contribution < 1.29 is 9.59 Å². The van der Waals surface area contributed by atoms with Gasteiger partial charge in [-0.1, -0.05) is 19.8 Å². The predicted octanol–water partition coefficient (Wildman–Crippen LogP) is 2.00. The van der Waals surface area contributed by atoms with Crippen LogP contribution in [0.15, 0.2) is 0 Å². The van der Waals surface area contributed by atoms with Crippen LogP contribution in [0.5, 0.6) is 0 Å². The van der Waals surface area contributed by atoms with Crippen molar-refractivity contribution in [2.75, 3.05) is 13.1 Å². The Balaban J connectivity index is 0.000000500. The molecule has 0 unspecified atom stereocenters. The molecular weight excluding hydrogens is 178 g/mol. The average molecular weight is 199 g/mol. The molecule has 0 radical (unpaired) electrons. The Bertz CT molecular complexity index is 169. The Kier molecular flexibility index (Phi) is 8.19. The monoisotopic (exact) mass is 199 g/mol. The number of amides is 1. The molecule has 3 heteroatoms. The highest BCUT2D eigenvalue weighted by atomic mass is 16.2. The molecule has 1 aliphatic heterocycles. The van der Waals surface area contributed by atoms with E-state index in [4.69, 9.17) is 4.79 Å². The molecule has 0 aromatic heterocycles. The van der Waals surface area contributed by atoms with E-state index in [1.54, 1.807) is 0 Å². The molecule has 3 nitrogen and oxygen atoms in total. The highest BCUT2D eigenvalue weighted by molar-refractivity contribution is 5.77. The molecule has 0 bridgehead atoms. The Morgan fingerprint density at radius 2 is 2.07 bits per heavy atom. The third kappa shape index (κ3) is 5.73. The van der Waals surface area contributed by atoms with Crippen LogP contribution in [0, 0.1) is 0 Å². The van der Waals surface area contributed by atoms with Crippen LogP contribution < -0.4 is 0 Å². The number of likely N-dealkylation sites (tertiary alicyclic amines) is 1. The van der Waals surface area contributed by atoms with Crippen molar-refractivity contribution in [3.8, 4) is 0 Å². The number of nitrogens with zero attached hydrogens (tertiary/aromatic N) is 1. The van der Waals surface area contributed by atoms with Crippen LogP contribution in [0.3, 0.4) is 0 Å². The van der Waals surface area contributed by atoms with Gasteiger partial charge in [-0.15, -0.1) is 0 Å². The predicted molar refractivity (Wildman–Crippen MR) is 57.1 cm³/mol. The second-order valence-electron chi connectivity index (χ2n) is 3.43. The van der Waals surface area contributed by atoms with Gasteiger partial charge in [0.25, 0.3) is 0 Å². The summed E-state index contributed by atoms with van der Waals surface area (Å²) >= 11 is 0. The molecule has 0 aromatic rings. The summed E-state index contributed by atoms with van der Waals surface area (Å²) in [4.78, 5) is 21.9. The van der Waals surface area contributed by atoms with Crippen LogP contribution in [-0.2, 0) is 9.59 Å². The number of aldehydes is 1. The van der Waals surface area contributed by atoms with E-state index in [0.29, 0.717) is 5.91 Å². The van der Waals surface area contributed by atoms with E-state index < -0.39 is 0 Å². The van der Waals surface area contributed by atoms with Gasteiger partial charge in [0.15, 0.2) is 0 Å². The smallest absolute Gasteiger partial charge is 0.222 e. The number of carbonyl (C=O) groups excluding carboxylic acids is 2. The van der Waals surface area contributed by atoms with Gasteiger partial charge in [-0.2, -0.15) is 0 Å². The van der Waals surface area contributed by atoms with Crippen molar-refractivity contribution in [2.45, 2.75) is 46.0 Å². The number of hydrogen-bond donors (Lipinski definition) is 0. The van der Waals surface area contributed by atoms with Crippen molar-refractivity contribution >= 4 is 12.2 Å². The summed E-state index contributed by atoms with van der Waals surface area (Å²) < 4.78 is 0. The second kappa shape index (κ2) is 8.73. The summed E-state index contributed by atoms with van der Waals surface area (Å²) in [5.74, 6) is 0.362. The van der Waals surface area contributed by atoms with Crippen LogP contribution in [0.25, 0.3) is 0 Å². The van der Waals surface area contributed by atoms with Gasteiger partial charge < -0.3 is 9.69 Å². The summed E-state index contributed by atoms with van der Waals surface area (Å²) in [5, 5.41) is 0. The lowest BCUT2D eigenvalue weighted by Gasteiger charge is -2.14. The fraction of sp³-hybridized carbons (Fsp3) is 0.818. The summed E-state index contributed by atoms with van der Waals surface area (Å²) in [6, 6.07) is 0. The molecule has 0 N–H and O–H groups in total. The molecule has 0 atom stereocenters. The third-order valence-electron chi connectivity index (χ3n) is 2.20. The quantitative estimate of drug-likeness (QED) is 0.513. The van der Waals surface area contributed by atoms with E-state index in [-0.39, 0.29) is 0 Å². The highest BCUT2D eigenvalue weighted by Gasteiger charge is 2.18. The van der Waals surface area contributed by atoms with E-state index in [1.807, 2.05) is 4.90 Å². The van der Waals surface area contributed by atoms with Crippen LogP contribution in [-0.4, -0.2) is 30.2 Å². The first-order chi connectivity index (χ1) is 6.76. The van der Waals surface area contributed by atoms with Gasteiger partial charge in [-0.05, 0) is 19.8 Å². The fourth-order valence-corrected chi connectivity index (χ4v) is 1.49. The molecule has 0 spiro atoms. The summed E-state index contributed by atoms with van der Waals surface area (Å²) in [5.41, 5.74) is 0. The molecule has 0 aliphatic carbocycles. The molecule has 1 saturated heterocycles. The Morgan fingerprint density at radius 3 is 2.50 bits per heavy atom. The maximum Gasteiger partial charge on any atom is 0.222 e. The maximum absolute atomic E-state index is 11.1. The number of carbonyl (C=O) groups is 2. The lowest BCUT2D eigenvalue weighted by Crippen LogP contribution is -2.25. The maximum atomic E-state index is 11.1. The van der Waals surface area contributed by atoms with Gasteiger partial charge in [0.2, 0.25) is 5.91 Å². The van der Waals surface area contributed by atoms with Crippen LogP contribution in [0.4, 0.5) is 0 Å². The number of hydrogen-bond acceptors (Lipinski definition) is 2. The third-order valence-corrected chi connectivity index (χ3v) is 2.20. The molecule has 1 fully saturated rings.